The maximum atomic E-state index is 12.3. The Kier molecular flexibility index (Phi) is 5.85. The predicted octanol–water partition coefficient (Wildman–Crippen LogP) is 4.14. The first-order chi connectivity index (χ1) is 14.7. The van der Waals surface area contributed by atoms with Crippen LogP contribution in [-0.2, 0) is 27.2 Å². The molecule has 0 saturated carbocycles. The van der Waals surface area contributed by atoms with Crippen LogP contribution in [0.5, 0.6) is 0 Å². The summed E-state index contributed by atoms with van der Waals surface area (Å²) in [7, 11) is 0. The molecule has 4 aromatic rings. The van der Waals surface area contributed by atoms with Gasteiger partial charge < -0.3 is 14.6 Å². The number of para-hydroxylation sites is 2. The molecule has 6 heteroatoms. The Balaban J connectivity index is 1.33. The second kappa shape index (κ2) is 9.05. The number of nitrogens with one attached hydrogen (secondary N) is 1. The molecule has 1 N–H and O–H groups in total. The number of hydrogen-bond acceptors (Lipinski definition) is 5. The van der Waals surface area contributed by atoms with E-state index >= 15 is 0 Å². The zero-order chi connectivity index (χ0) is 20.8. The molecule has 0 unspecified atom stereocenters. The van der Waals surface area contributed by atoms with Crippen LogP contribution >= 0.6 is 0 Å². The Bertz CT molecular complexity index is 1170. The van der Waals surface area contributed by atoms with E-state index in [0.717, 1.165) is 16.5 Å². The number of amides is 1. The average Bonchev–Trinajstić information content (AvgIpc) is 3.17. The largest absolute Gasteiger partial charge is 0.455 e. The zero-order valence-corrected chi connectivity index (χ0v) is 16.2. The van der Waals surface area contributed by atoms with Crippen molar-refractivity contribution in [2.45, 2.75) is 12.8 Å². The summed E-state index contributed by atoms with van der Waals surface area (Å²) in [5.74, 6) is -0.935. The van der Waals surface area contributed by atoms with E-state index in [1.165, 1.54) is 0 Å². The number of benzene rings is 3. The molecule has 0 saturated heterocycles. The monoisotopic (exact) mass is 400 g/mol. The minimum atomic E-state index is -0.540. The molecule has 3 aromatic carbocycles. The van der Waals surface area contributed by atoms with E-state index in [2.05, 4.69) is 10.5 Å². The van der Waals surface area contributed by atoms with Gasteiger partial charge in [0.05, 0.1) is 6.42 Å². The summed E-state index contributed by atoms with van der Waals surface area (Å²) < 4.78 is 10.3. The maximum absolute atomic E-state index is 12.3. The summed E-state index contributed by atoms with van der Waals surface area (Å²) in [6, 6.07) is 24.8. The van der Waals surface area contributed by atoms with Crippen molar-refractivity contribution in [3.05, 3.63) is 95.7 Å². The number of nitrogens with zero attached hydrogens (tertiary/aromatic N) is 1. The van der Waals surface area contributed by atoms with Gasteiger partial charge in [0.1, 0.15) is 5.69 Å². The van der Waals surface area contributed by atoms with Crippen molar-refractivity contribution in [3.63, 3.8) is 0 Å². The van der Waals surface area contributed by atoms with Crippen LogP contribution in [0.4, 0.5) is 5.69 Å². The molecule has 0 atom stereocenters. The standard InChI is InChI=1S/C24H20N2O4/c27-23(16-29-24(28)15-21-19-11-5-7-13-22(19)30-26-21)25-20-12-6-4-10-18(20)14-17-8-2-1-3-9-17/h1-13H,14-16H2,(H,25,27). The van der Waals surface area contributed by atoms with Gasteiger partial charge in [-0.25, -0.2) is 0 Å². The minimum absolute atomic E-state index is 0.0606. The van der Waals surface area contributed by atoms with Gasteiger partial charge in [-0.15, -0.1) is 0 Å². The molecule has 6 nitrogen and oxygen atoms in total. The van der Waals surface area contributed by atoms with Crippen LogP contribution in [0.1, 0.15) is 16.8 Å². The Hall–Kier alpha value is -3.93. The summed E-state index contributed by atoms with van der Waals surface area (Å²) >= 11 is 0. The highest BCUT2D eigenvalue weighted by atomic mass is 16.5. The van der Waals surface area contributed by atoms with Gasteiger partial charge >= 0.3 is 5.97 Å². The summed E-state index contributed by atoms with van der Waals surface area (Å²) in [6.45, 7) is -0.367. The van der Waals surface area contributed by atoms with E-state index in [1.54, 1.807) is 6.07 Å². The molecule has 4 rings (SSSR count). The first-order valence-corrected chi connectivity index (χ1v) is 9.59. The fraction of sp³-hybridized carbons (Fsp3) is 0.125. The third-order valence-corrected chi connectivity index (χ3v) is 4.66. The predicted molar refractivity (Wildman–Crippen MR) is 113 cm³/mol. The van der Waals surface area contributed by atoms with Gasteiger partial charge in [-0.05, 0) is 35.7 Å². The molecule has 0 radical (unpaired) electrons. The second-order valence-electron chi connectivity index (χ2n) is 6.83. The van der Waals surface area contributed by atoms with Crippen LogP contribution in [0.3, 0.4) is 0 Å². The third kappa shape index (κ3) is 4.72. The maximum Gasteiger partial charge on any atom is 0.312 e. The fourth-order valence-corrected chi connectivity index (χ4v) is 3.20. The molecule has 30 heavy (non-hydrogen) atoms. The van der Waals surface area contributed by atoms with Gasteiger partial charge in [-0.1, -0.05) is 65.8 Å². The lowest BCUT2D eigenvalue weighted by Gasteiger charge is -2.11. The summed E-state index contributed by atoms with van der Waals surface area (Å²) in [5.41, 5.74) is 3.92. The number of anilines is 1. The highest BCUT2D eigenvalue weighted by Gasteiger charge is 2.15. The number of hydrogen-bond donors (Lipinski definition) is 1. The first kappa shape index (κ1) is 19.4. The zero-order valence-electron chi connectivity index (χ0n) is 16.2. The Morgan fingerprint density at radius 3 is 2.50 bits per heavy atom. The van der Waals surface area contributed by atoms with Crippen LogP contribution in [-0.4, -0.2) is 23.6 Å². The summed E-state index contributed by atoms with van der Waals surface area (Å²) in [4.78, 5) is 24.4. The molecule has 150 valence electrons. The number of aromatic nitrogens is 1. The smallest absolute Gasteiger partial charge is 0.312 e. The lowest BCUT2D eigenvalue weighted by molar-refractivity contribution is -0.146. The molecule has 1 heterocycles. The van der Waals surface area contributed by atoms with E-state index in [9.17, 15) is 9.59 Å². The van der Waals surface area contributed by atoms with Crippen LogP contribution < -0.4 is 5.32 Å². The van der Waals surface area contributed by atoms with Crippen LogP contribution in [0.15, 0.2) is 83.4 Å². The van der Waals surface area contributed by atoms with Crippen LogP contribution in [0.25, 0.3) is 11.0 Å². The molecule has 0 fully saturated rings. The van der Waals surface area contributed by atoms with Crippen LogP contribution in [0, 0.1) is 0 Å². The highest BCUT2D eigenvalue weighted by molar-refractivity contribution is 5.94. The van der Waals surface area contributed by atoms with E-state index in [4.69, 9.17) is 9.26 Å². The molecular weight excluding hydrogens is 380 g/mol. The molecule has 0 aliphatic rings. The normalized spacial score (nSPS) is 10.7. The van der Waals surface area contributed by atoms with Gasteiger partial charge in [0.15, 0.2) is 12.2 Å². The lowest BCUT2D eigenvalue weighted by atomic mass is 10.0. The van der Waals surface area contributed by atoms with E-state index in [1.807, 2.05) is 72.8 Å². The number of rotatable bonds is 7. The van der Waals surface area contributed by atoms with Gasteiger partial charge in [0, 0.05) is 11.1 Å². The quantitative estimate of drug-likeness (QED) is 0.472. The SMILES string of the molecule is O=C(COC(=O)Cc1noc2ccccc12)Nc1ccccc1Cc1ccccc1. The summed E-state index contributed by atoms with van der Waals surface area (Å²) in [6.07, 6.45) is 0.630. The van der Waals surface area contributed by atoms with Crippen molar-refractivity contribution in [3.8, 4) is 0 Å². The van der Waals surface area contributed by atoms with E-state index in [-0.39, 0.29) is 13.0 Å². The number of ether oxygens (including phenoxy) is 1. The van der Waals surface area contributed by atoms with Gasteiger partial charge in [0.25, 0.3) is 5.91 Å². The Morgan fingerprint density at radius 1 is 0.900 bits per heavy atom. The number of carbonyl (C=O) groups is 2. The number of carbonyl (C=O) groups excluding carboxylic acids is 2. The van der Waals surface area contributed by atoms with E-state index < -0.39 is 11.9 Å². The molecular formula is C24H20N2O4. The lowest BCUT2D eigenvalue weighted by Crippen LogP contribution is -2.22. The number of esters is 1. The molecule has 0 aliphatic heterocycles. The molecule has 0 spiro atoms. The molecule has 1 aromatic heterocycles. The third-order valence-electron chi connectivity index (χ3n) is 4.66. The molecule has 0 aliphatic carbocycles. The fourth-order valence-electron chi connectivity index (χ4n) is 3.20. The molecule has 1 amide bonds. The van der Waals surface area contributed by atoms with Crippen molar-refractivity contribution >= 4 is 28.5 Å². The van der Waals surface area contributed by atoms with Crippen molar-refractivity contribution in [2.24, 2.45) is 0 Å². The Morgan fingerprint density at radius 2 is 1.63 bits per heavy atom. The highest BCUT2D eigenvalue weighted by Crippen LogP contribution is 2.20. The summed E-state index contributed by atoms with van der Waals surface area (Å²) in [5, 5.41) is 7.49. The van der Waals surface area contributed by atoms with E-state index in [0.29, 0.717) is 23.4 Å². The van der Waals surface area contributed by atoms with Crippen molar-refractivity contribution in [1.29, 1.82) is 0 Å². The average molecular weight is 400 g/mol. The van der Waals surface area contributed by atoms with Crippen molar-refractivity contribution in [1.82, 2.24) is 5.16 Å². The van der Waals surface area contributed by atoms with Crippen molar-refractivity contribution in [2.75, 3.05) is 11.9 Å². The number of fused-ring (bicyclic) bond motifs is 1. The van der Waals surface area contributed by atoms with Gasteiger partial charge in [0.2, 0.25) is 0 Å². The second-order valence-corrected chi connectivity index (χ2v) is 6.83. The Labute approximate surface area is 173 Å². The van der Waals surface area contributed by atoms with Crippen LogP contribution in [0.2, 0.25) is 0 Å². The minimum Gasteiger partial charge on any atom is -0.455 e. The van der Waals surface area contributed by atoms with Crippen molar-refractivity contribution < 1.29 is 18.8 Å². The van der Waals surface area contributed by atoms with Gasteiger partial charge in [-0.3, -0.25) is 9.59 Å². The first-order valence-electron chi connectivity index (χ1n) is 9.59. The van der Waals surface area contributed by atoms with Gasteiger partial charge in [-0.2, -0.15) is 0 Å². The molecule has 0 bridgehead atoms. The topological polar surface area (TPSA) is 81.4 Å².